The lowest BCUT2D eigenvalue weighted by Gasteiger charge is -2.11. The minimum Gasteiger partial charge on any atom is -0.374 e. The molecular weight excluding hydrogens is 337 g/mol. The normalized spacial score (nSPS) is 13.1. The zero-order chi connectivity index (χ0) is 16.3. The summed E-state index contributed by atoms with van der Waals surface area (Å²) in [4.78, 5) is -0.275. The fourth-order valence-corrected chi connectivity index (χ4v) is 3.28. The first kappa shape index (κ1) is 16.6. The molecule has 0 bridgehead atoms. The van der Waals surface area contributed by atoms with Gasteiger partial charge < -0.3 is 4.18 Å². The van der Waals surface area contributed by atoms with Crippen LogP contribution in [0.2, 0.25) is 0 Å². The average Bonchev–Trinajstić information content (AvgIpc) is 2.98. The van der Waals surface area contributed by atoms with Crippen molar-refractivity contribution in [1.82, 2.24) is 0 Å². The van der Waals surface area contributed by atoms with E-state index in [9.17, 15) is 21.6 Å². The first-order valence-electron chi connectivity index (χ1n) is 6.04. The van der Waals surface area contributed by atoms with Crippen molar-refractivity contribution >= 4 is 27.2 Å². The van der Waals surface area contributed by atoms with E-state index in [2.05, 4.69) is 4.18 Å². The second-order valence-corrected chi connectivity index (χ2v) is 6.80. The number of allylic oxidation sites excluding steroid dienone is 1. The Hall–Kier alpha value is -1.80. The first-order chi connectivity index (χ1) is 10.3. The van der Waals surface area contributed by atoms with Crippen molar-refractivity contribution in [1.29, 1.82) is 0 Å². The highest BCUT2D eigenvalue weighted by atomic mass is 32.2. The summed E-state index contributed by atoms with van der Waals surface area (Å²) in [5.41, 5.74) is 0.812. The Balaban J connectivity index is 2.43. The Bertz CT molecular complexity index is 764. The van der Waals surface area contributed by atoms with Crippen molar-refractivity contribution in [2.45, 2.75) is 18.2 Å². The molecule has 2 rings (SSSR count). The Morgan fingerprint density at radius 3 is 2.32 bits per heavy atom. The van der Waals surface area contributed by atoms with Crippen LogP contribution in [-0.4, -0.2) is 14.8 Å². The summed E-state index contributed by atoms with van der Waals surface area (Å²) in [6, 6.07) is 8.34. The molecule has 0 aliphatic heterocycles. The van der Waals surface area contributed by atoms with Crippen LogP contribution in [0.25, 0.3) is 5.76 Å². The summed E-state index contributed by atoms with van der Waals surface area (Å²) >= 11 is 0.894. The minimum absolute atomic E-state index is 0.0338. The van der Waals surface area contributed by atoms with Gasteiger partial charge in [0, 0.05) is 0 Å². The first-order valence-corrected chi connectivity index (χ1v) is 8.33. The molecule has 1 aromatic heterocycles. The van der Waals surface area contributed by atoms with Crippen molar-refractivity contribution in [3.63, 3.8) is 0 Å². The fraction of sp³-hybridized carbons (Fsp3) is 0.143. The Kier molecular flexibility index (Phi) is 4.92. The molecule has 0 saturated carbocycles. The van der Waals surface area contributed by atoms with Crippen LogP contribution >= 0.6 is 11.3 Å². The maximum absolute atomic E-state index is 13.6. The van der Waals surface area contributed by atoms with Crippen LogP contribution in [0.4, 0.5) is 13.2 Å². The van der Waals surface area contributed by atoms with Gasteiger partial charge in [-0.3, -0.25) is 0 Å². The van der Waals surface area contributed by atoms with Crippen LogP contribution in [-0.2, 0) is 14.3 Å². The third-order valence-corrected chi connectivity index (χ3v) is 4.76. The summed E-state index contributed by atoms with van der Waals surface area (Å²) in [5.74, 6) is -2.90. The molecule has 0 radical (unpaired) electrons. The van der Waals surface area contributed by atoms with Crippen LogP contribution in [0.5, 0.6) is 0 Å². The molecule has 0 spiro atoms. The standard InChI is InChI=1S/C14H11F3O3S2/c1-9-4-6-10(7-5-9)22(18,19)20-13(12(15)14(16)17)11-3-2-8-21-11/h2-8,14H,1H3/b13-12-. The van der Waals surface area contributed by atoms with Crippen molar-refractivity contribution in [3.8, 4) is 0 Å². The fourth-order valence-electron chi connectivity index (χ4n) is 1.57. The van der Waals surface area contributed by atoms with E-state index in [0.717, 1.165) is 16.9 Å². The van der Waals surface area contributed by atoms with Gasteiger partial charge >= 0.3 is 10.1 Å². The largest absolute Gasteiger partial charge is 0.374 e. The number of alkyl halides is 2. The molecule has 118 valence electrons. The van der Waals surface area contributed by atoms with Gasteiger partial charge in [0.2, 0.25) is 5.83 Å². The van der Waals surface area contributed by atoms with Gasteiger partial charge in [0.05, 0.1) is 4.88 Å². The summed E-state index contributed by atoms with van der Waals surface area (Å²) in [5, 5.41) is 1.50. The highest BCUT2D eigenvalue weighted by molar-refractivity contribution is 7.87. The maximum Gasteiger partial charge on any atom is 0.339 e. The Morgan fingerprint density at radius 2 is 1.82 bits per heavy atom. The summed E-state index contributed by atoms with van der Waals surface area (Å²) < 4.78 is 67.7. The maximum atomic E-state index is 13.6. The van der Waals surface area contributed by atoms with Gasteiger partial charge in [-0.1, -0.05) is 23.8 Å². The van der Waals surface area contributed by atoms with E-state index in [4.69, 9.17) is 0 Å². The molecule has 0 fully saturated rings. The van der Waals surface area contributed by atoms with E-state index in [0.29, 0.717) is 0 Å². The van der Waals surface area contributed by atoms with E-state index in [-0.39, 0.29) is 9.77 Å². The number of aryl methyl sites for hydroxylation is 1. The third-order valence-electron chi connectivity index (χ3n) is 2.66. The molecule has 0 amide bonds. The highest BCUT2D eigenvalue weighted by Gasteiger charge is 2.26. The summed E-state index contributed by atoms with van der Waals surface area (Å²) in [6.07, 6.45) is -3.47. The van der Waals surface area contributed by atoms with E-state index >= 15 is 0 Å². The van der Waals surface area contributed by atoms with Crippen molar-refractivity contribution < 1.29 is 25.8 Å². The zero-order valence-corrected chi connectivity index (χ0v) is 12.9. The Morgan fingerprint density at radius 1 is 1.18 bits per heavy atom. The molecule has 1 heterocycles. The number of rotatable bonds is 5. The van der Waals surface area contributed by atoms with E-state index in [1.165, 1.54) is 41.8 Å². The Labute approximate surface area is 129 Å². The molecule has 0 aliphatic carbocycles. The molecule has 1 aromatic carbocycles. The lowest BCUT2D eigenvalue weighted by atomic mass is 10.2. The van der Waals surface area contributed by atoms with Crippen molar-refractivity contribution in [2.24, 2.45) is 0 Å². The number of hydrogen-bond acceptors (Lipinski definition) is 4. The topological polar surface area (TPSA) is 43.4 Å². The second-order valence-electron chi connectivity index (χ2n) is 4.31. The lowest BCUT2D eigenvalue weighted by molar-refractivity contribution is 0.157. The molecule has 8 heteroatoms. The SMILES string of the molecule is Cc1ccc(S(=O)(=O)O/C(=C(\F)C(F)F)c2cccs2)cc1. The van der Waals surface area contributed by atoms with E-state index < -0.39 is 28.1 Å². The van der Waals surface area contributed by atoms with Gasteiger partial charge in [-0.15, -0.1) is 11.3 Å². The van der Waals surface area contributed by atoms with E-state index in [1.807, 2.05) is 0 Å². The van der Waals surface area contributed by atoms with Crippen molar-refractivity contribution in [2.75, 3.05) is 0 Å². The van der Waals surface area contributed by atoms with Crippen LogP contribution in [0.1, 0.15) is 10.4 Å². The van der Waals surface area contributed by atoms with Crippen LogP contribution < -0.4 is 0 Å². The molecule has 0 saturated heterocycles. The molecule has 0 atom stereocenters. The quantitative estimate of drug-likeness (QED) is 0.595. The highest BCUT2D eigenvalue weighted by Crippen LogP contribution is 2.31. The number of hydrogen-bond donors (Lipinski definition) is 0. The minimum atomic E-state index is -4.41. The molecule has 0 unspecified atom stereocenters. The number of thiophene rings is 1. The molecular formula is C14H11F3O3S2. The van der Waals surface area contributed by atoms with Gasteiger partial charge in [-0.25, -0.2) is 13.2 Å². The van der Waals surface area contributed by atoms with Gasteiger partial charge in [-0.05, 0) is 30.5 Å². The van der Waals surface area contributed by atoms with E-state index in [1.54, 1.807) is 6.92 Å². The average molecular weight is 348 g/mol. The molecule has 2 aromatic rings. The molecule has 0 aliphatic rings. The summed E-state index contributed by atoms with van der Waals surface area (Å²) in [7, 11) is -4.41. The summed E-state index contributed by atoms with van der Waals surface area (Å²) in [6.45, 7) is 1.75. The predicted molar refractivity (Wildman–Crippen MR) is 77.8 cm³/mol. The van der Waals surface area contributed by atoms with Crippen molar-refractivity contribution in [3.05, 3.63) is 58.0 Å². The van der Waals surface area contributed by atoms with Crippen LogP contribution in [0.3, 0.4) is 0 Å². The third kappa shape index (κ3) is 3.69. The number of benzene rings is 1. The van der Waals surface area contributed by atoms with Gasteiger partial charge in [0.25, 0.3) is 6.43 Å². The lowest BCUT2D eigenvalue weighted by Crippen LogP contribution is -2.08. The molecule has 22 heavy (non-hydrogen) atoms. The molecule has 3 nitrogen and oxygen atoms in total. The second kappa shape index (κ2) is 6.53. The van der Waals surface area contributed by atoms with Crippen LogP contribution in [0.15, 0.2) is 52.5 Å². The molecule has 0 N–H and O–H groups in total. The van der Waals surface area contributed by atoms with Gasteiger partial charge in [0.15, 0.2) is 5.76 Å². The van der Waals surface area contributed by atoms with Crippen LogP contribution in [0, 0.1) is 6.92 Å². The van der Waals surface area contributed by atoms with Gasteiger partial charge in [-0.2, -0.15) is 8.42 Å². The van der Waals surface area contributed by atoms with Gasteiger partial charge in [0.1, 0.15) is 4.90 Å². The smallest absolute Gasteiger partial charge is 0.339 e. The predicted octanol–water partition coefficient (Wildman–Crippen LogP) is 4.37. The number of halogens is 3. The zero-order valence-electron chi connectivity index (χ0n) is 11.3. The monoisotopic (exact) mass is 348 g/mol.